The molecule has 0 saturated carbocycles. The van der Waals surface area contributed by atoms with Gasteiger partial charge in [-0.15, -0.1) is 0 Å². The molecular formula is C37H44N2O2+2. The Labute approximate surface area is 246 Å². The van der Waals surface area contributed by atoms with Crippen molar-refractivity contribution in [3.8, 4) is 17.2 Å². The Bertz CT molecular complexity index is 1520. The number of hydrogen-bond donors (Lipinski definition) is 0. The molecule has 0 amide bonds. The molecule has 6 rings (SSSR count). The molecule has 2 aliphatic heterocycles. The van der Waals surface area contributed by atoms with Crippen molar-refractivity contribution in [2.75, 3.05) is 48.4 Å². The number of benzene rings is 4. The highest BCUT2D eigenvalue weighted by molar-refractivity contribution is 5.46. The topological polar surface area (TPSA) is 18.5 Å². The van der Waals surface area contributed by atoms with E-state index in [2.05, 4.69) is 113 Å². The van der Waals surface area contributed by atoms with Gasteiger partial charge in [-0.3, -0.25) is 0 Å². The number of nitrogens with zero attached hydrogens (tertiary/aromatic N) is 2. The van der Waals surface area contributed by atoms with Crippen molar-refractivity contribution in [3.63, 3.8) is 0 Å². The molecule has 0 unspecified atom stereocenters. The third-order valence-electron chi connectivity index (χ3n) is 9.67. The van der Waals surface area contributed by atoms with E-state index in [0.29, 0.717) is 12.1 Å². The summed E-state index contributed by atoms with van der Waals surface area (Å²) in [5, 5.41) is 0. The molecule has 0 saturated heterocycles. The first-order valence-corrected chi connectivity index (χ1v) is 15.0. The standard InChI is InChI=1S/C37H44N2O2/c1-38(2)22-20-29-10-6-8-12-32(29)34(38)24-27-14-17-31(18-15-27)41-37-26-28(16-19-36(37)40-5)25-35-33-13-9-7-11-30(33)21-23-39(35,3)4/h6-19,26,34-35H,20-25H2,1-5H3/q+2/t34-,35-/m1/s1. The first-order chi connectivity index (χ1) is 19.7. The minimum Gasteiger partial charge on any atom is -0.493 e. The van der Waals surface area contributed by atoms with Crippen molar-refractivity contribution >= 4 is 0 Å². The van der Waals surface area contributed by atoms with Gasteiger partial charge in [-0.1, -0.05) is 66.7 Å². The molecule has 212 valence electrons. The molecule has 2 heterocycles. The average Bonchev–Trinajstić information content (AvgIpc) is 2.97. The molecule has 0 aromatic heterocycles. The van der Waals surface area contributed by atoms with Crippen LogP contribution in [0.1, 0.15) is 45.5 Å². The van der Waals surface area contributed by atoms with Crippen molar-refractivity contribution in [3.05, 3.63) is 124 Å². The fraction of sp³-hybridized carbons (Fsp3) is 0.351. The highest BCUT2D eigenvalue weighted by Crippen LogP contribution is 2.39. The molecule has 0 aliphatic carbocycles. The molecule has 0 spiro atoms. The van der Waals surface area contributed by atoms with Crippen molar-refractivity contribution in [2.24, 2.45) is 0 Å². The van der Waals surface area contributed by atoms with E-state index in [9.17, 15) is 0 Å². The first-order valence-electron chi connectivity index (χ1n) is 15.0. The predicted molar refractivity (Wildman–Crippen MR) is 167 cm³/mol. The monoisotopic (exact) mass is 548 g/mol. The minimum absolute atomic E-state index is 0.410. The Morgan fingerprint density at radius 1 is 0.610 bits per heavy atom. The quantitative estimate of drug-likeness (QED) is 0.225. The fourth-order valence-electron chi connectivity index (χ4n) is 6.96. The molecule has 0 fully saturated rings. The van der Waals surface area contributed by atoms with Gasteiger partial charge in [0.25, 0.3) is 0 Å². The smallest absolute Gasteiger partial charge is 0.169 e. The second-order valence-corrected chi connectivity index (χ2v) is 13.1. The number of likely N-dealkylation sites (N-methyl/N-ethyl adjacent to an activating group) is 2. The summed E-state index contributed by atoms with van der Waals surface area (Å²) in [6.45, 7) is 2.32. The first kappa shape index (κ1) is 27.6. The Balaban J connectivity index is 1.21. The van der Waals surface area contributed by atoms with E-state index in [0.717, 1.165) is 58.4 Å². The summed E-state index contributed by atoms with van der Waals surface area (Å²) in [6, 6.07) is 33.9. The molecule has 2 aliphatic rings. The van der Waals surface area contributed by atoms with Crippen molar-refractivity contribution in [2.45, 2.75) is 37.8 Å². The van der Waals surface area contributed by atoms with Crippen LogP contribution in [0.4, 0.5) is 0 Å². The number of ether oxygens (including phenoxy) is 2. The lowest BCUT2D eigenvalue weighted by atomic mass is 9.87. The second-order valence-electron chi connectivity index (χ2n) is 13.1. The van der Waals surface area contributed by atoms with Gasteiger partial charge in [0.15, 0.2) is 11.5 Å². The molecule has 0 N–H and O–H groups in total. The molecule has 4 nitrogen and oxygen atoms in total. The zero-order chi connectivity index (χ0) is 28.6. The van der Waals surface area contributed by atoms with Crippen LogP contribution in [0.25, 0.3) is 0 Å². The molecular weight excluding hydrogens is 504 g/mol. The third kappa shape index (κ3) is 5.64. The number of hydrogen-bond acceptors (Lipinski definition) is 2. The van der Waals surface area contributed by atoms with Crippen LogP contribution in [0.3, 0.4) is 0 Å². The van der Waals surface area contributed by atoms with Crippen LogP contribution in [0.5, 0.6) is 17.2 Å². The van der Waals surface area contributed by atoms with Crippen LogP contribution < -0.4 is 9.47 Å². The molecule has 2 atom stereocenters. The van der Waals surface area contributed by atoms with Gasteiger partial charge >= 0.3 is 0 Å². The predicted octanol–water partition coefficient (Wildman–Crippen LogP) is 7.32. The Morgan fingerprint density at radius 3 is 1.68 bits per heavy atom. The van der Waals surface area contributed by atoms with Crippen LogP contribution in [0.15, 0.2) is 91.0 Å². The van der Waals surface area contributed by atoms with E-state index in [1.807, 2.05) is 6.07 Å². The average molecular weight is 549 g/mol. The molecule has 0 radical (unpaired) electrons. The maximum atomic E-state index is 6.46. The van der Waals surface area contributed by atoms with E-state index in [4.69, 9.17) is 9.47 Å². The summed E-state index contributed by atoms with van der Waals surface area (Å²) >= 11 is 0. The van der Waals surface area contributed by atoms with Crippen LogP contribution >= 0.6 is 0 Å². The maximum Gasteiger partial charge on any atom is 0.169 e. The van der Waals surface area contributed by atoms with Crippen LogP contribution in [0, 0.1) is 0 Å². The van der Waals surface area contributed by atoms with Crippen LogP contribution in [-0.2, 0) is 25.7 Å². The third-order valence-corrected chi connectivity index (χ3v) is 9.67. The SMILES string of the molecule is COc1ccc(C[C@@H]2c3ccccc3CC[N+]2(C)C)cc1Oc1ccc(C[C@@H]2c3ccccc3CC[N+]2(C)C)cc1. The summed E-state index contributed by atoms with van der Waals surface area (Å²) in [5.41, 5.74) is 8.55. The lowest BCUT2D eigenvalue weighted by molar-refractivity contribution is -0.923. The zero-order valence-corrected chi connectivity index (χ0v) is 25.3. The zero-order valence-electron chi connectivity index (χ0n) is 25.3. The van der Waals surface area contributed by atoms with E-state index in [-0.39, 0.29) is 0 Å². The van der Waals surface area contributed by atoms with Crippen LogP contribution in [-0.4, -0.2) is 57.4 Å². The van der Waals surface area contributed by atoms with E-state index >= 15 is 0 Å². The van der Waals surface area contributed by atoms with Crippen molar-refractivity contribution in [1.29, 1.82) is 0 Å². The molecule has 0 bridgehead atoms. The summed E-state index contributed by atoms with van der Waals surface area (Å²) in [5.74, 6) is 2.36. The van der Waals surface area contributed by atoms with Gasteiger partial charge in [0.2, 0.25) is 0 Å². The number of rotatable bonds is 7. The molecule has 4 heteroatoms. The number of quaternary nitrogens is 2. The Kier molecular flexibility index (Phi) is 7.39. The highest BCUT2D eigenvalue weighted by Gasteiger charge is 2.36. The van der Waals surface area contributed by atoms with E-state index in [1.54, 1.807) is 7.11 Å². The number of fused-ring (bicyclic) bond motifs is 2. The molecule has 41 heavy (non-hydrogen) atoms. The van der Waals surface area contributed by atoms with E-state index < -0.39 is 0 Å². The van der Waals surface area contributed by atoms with Gasteiger partial charge in [-0.25, -0.2) is 0 Å². The van der Waals surface area contributed by atoms with Gasteiger partial charge in [0.05, 0.1) is 48.4 Å². The van der Waals surface area contributed by atoms with Crippen LogP contribution in [0.2, 0.25) is 0 Å². The van der Waals surface area contributed by atoms with E-state index in [1.165, 1.54) is 39.9 Å². The highest BCUT2D eigenvalue weighted by atomic mass is 16.5. The lowest BCUT2D eigenvalue weighted by Crippen LogP contribution is -2.48. The van der Waals surface area contributed by atoms with Gasteiger partial charge in [0.1, 0.15) is 17.8 Å². The van der Waals surface area contributed by atoms with Gasteiger partial charge < -0.3 is 18.4 Å². The van der Waals surface area contributed by atoms with Gasteiger partial charge in [-0.2, -0.15) is 0 Å². The van der Waals surface area contributed by atoms with Crippen molar-refractivity contribution in [1.82, 2.24) is 0 Å². The summed E-state index contributed by atoms with van der Waals surface area (Å²) < 4.78 is 14.2. The maximum absolute atomic E-state index is 6.46. The summed E-state index contributed by atoms with van der Waals surface area (Å²) in [6.07, 6.45) is 4.26. The normalized spacial score (nSPS) is 20.5. The lowest BCUT2D eigenvalue weighted by Gasteiger charge is -2.43. The number of methoxy groups -OCH3 is 1. The largest absolute Gasteiger partial charge is 0.493 e. The van der Waals surface area contributed by atoms with Gasteiger partial charge in [-0.05, 0) is 46.5 Å². The van der Waals surface area contributed by atoms with Gasteiger partial charge in [0, 0.05) is 36.8 Å². The molecule has 4 aromatic carbocycles. The van der Waals surface area contributed by atoms with Crippen molar-refractivity contribution < 1.29 is 18.4 Å². The molecule has 4 aromatic rings. The minimum atomic E-state index is 0.410. The second kappa shape index (κ2) is 11.0. The summed E-state index contributed by atoms with van der Waals surface area (Å²) in [4.78, 5) is 0. The fourth-order valence-corrected chi connectivity index (χ4v) is 6.96. The Morgan fingerprint density at radius 2 is 1.12 bits per heavy atom. The Hall–Kier alpha value is -3.60. The summed E-state index contributed by atoms with van der Waals surface area (Å²) in [7, 11) is 11.2.